The van der Waals surface area contributed by atoms with Crippen LogP contribution in [0.3, 0.4) is 0 Å². The van der Waals surface area contributed by atoms with E-state index in [2.05, 4.69) is 10.5 Å². The molecule has 1 aliphatic heterocycles. The van der Waals surface area contributed by atoms with Crippen LogP contribution < -0.4 is 24.4 Å². The van der Waals surface area contributed by atoms with Crippen LogP contribution in [0, 0.1) is 0 Å². The number of ether oxygens (including phenoxy) is 4. The van der Waals surface area contributed by atoms with Crippen molar-refractivity contribution in [3.63, 3.8) is 0 Å². The zero-order valence-corrected chi connectivity index (χ0v) is 14.8. The van der Waals surface area contributed by atoms with Gasteiger partial charge in [0.2, 0.25) is 6.79 Å². The van der Waals surface area contributed by atoms with Gasteiger partial charge in [-0.25, -0.2) is 5.43 Å². The van der Waals surface area contributed by atoms with Crippen molar-refractivity contribution in [3.8, 4) is 23.0 Å². The first-order chi connectivity index (χ1) is 12.7. The van der Waals surface area contributed by atoms with Crippen LogP contribution in [-0.2, 0) is 4.79 Å². The Morgan fingerprint density at radius 1 is 1.23 bits per heavy atom. The summed E-state index contributed by atoms with van der Waals surface area (Å²) in [5.41, 5.74) is 3.05. The fourth-order valence-corrected chi connectivity index (χ4v) is 2.42. The van der Waals surface area contributed by atoms with Crippen molar-refractivity contribution >= 4 is 23.7 Å². The van der Waals surface area contributed by atoms with E-state index >= 15 is 0 Å². The standard InChI is InChI=1S/C18H17ClN2O5/c1-2-23-15-8-17-16(25-11-26-17)7-12(15)9-20-21-18(22)10-24-14-6-4-3-5-13(14)19/h3-9H,2,10-11H2,1H3,(H,21,22)/b20-9-. The number of fused-ring (bicyclic) bond motifs is 1. The Hall–Kier alpha value is -2.93. The van der Waals surface area contributed by atoms with Crippen molar-refractivity contribution in [1.82, 2.24) is 5.43 Å². The monoisotopic (exact) mass is 376 g/mol. The van der Waals surface area contributed by atoms with Crippen LogP contribution in [0.4, 0.5) is 0 Å². The van der Waals surface area contributed by atoms with Crippen LogP contribution in [0.1, 0.15) is 12.5 Å². The molecule has 1 amide bonds. The molecular formula is C18H17ClN2O5. The van der Waals surface area contributed by atoms with Gasteiger partial charge < -0.3 is 18.9 Å². The Kier molecular flexibility index (Phi) is 5.80. The highest BCUT2D eigenvalue weighted by molar-refractivity contribution is 6.32. The number of hydrogen-bond acceptors (Lipinski definition) is 6. The summed E-state index contributed by atoms with van der Waals surface area (Å²) in [6, 6.07) is 10.4. The number of amides is 1. The van der Waals surface area contributed by atoms with Crippen LogP contribution in [0.15, 0.2) is 41.5 Å². The van der Waals surface area contributed by atoms with E-state index in [1.165, 1.54) is 6.21 Å². The normalized spacial score (nSPS) is 12.2. The van der Waals surface area contributed by atoms with Gasteiger partial charge >= 0.3 is 0 Å². The maximum absolute atomic E-state index is 11.8. The summed E-state index contributed by atoms with van der Waals surface area (Å²) >= 11 is 5.96. The predicted octanol–water partition coefficient (Wildman–Crippen LogP) is 3.00. The molecule has 1 aliphatic rings. The highest BCUT2D eigenvalue weighted by Gasteiger charge is 2.17. The van der Waals surface area contributed by atoms with Gasteiger partial charge in [0, 0.05) is 11.6 Å². The molecule has 0 aliphatic carbocycles. The van der Waals surface area contributed by atoms with E-state index in [1.54, 1.807) is 36.4 Å². The summed E-state index contributed by atoms with van der Waals surface area (Å²) in [6.07, 6.45) is 1.47. The zero-order valence-electron chi connectivity index (χ0n) is 14.0. The number of hydrogen-bond donors (Lipinski definition) is 1. The largest absolute Gasteiger partial charge is 0.493 e. The molecule has 0 radical (unpaired) electrons. The van der Waals surface area contributed by atoms with Crippen LogP contribution in [0.5, 0.6) is 23.0 Å². The second kappa shape index (κ2) is 8.44. The SMILES string of the molecule is CCOc1cc2c(cc1/C=N\NC(=O)COc1ccccc1Cl)OCO2. The van der Waals surface area contributed by atoms with E-state index in [9.17, 15) is 4.79 Å². The van der Waals surface area contributed by atoms with E-state index in [0.717, 1.165) is 0 Å². The maximum atomic E-state index is 11.8. The number of halogens is 1. The Morgan fingerprint density at radius 3 is 2.77 bits per heavy atom. The van der Waals surface area contributed by atoms with Crippen LogP contribution in [0.25, 0.3) is 0 Å². The molecule has 0 saturated carbocycles. The molecule has 1 heterocycles. The minimum absolute atomic E-state index is 0.164. The Balaban J connectivity index is 1.59. The summed E-state index contributed by atoms with van der Waals surface area (Å²) in [5.74, 6) is 1.82. The smallest absolute Gasteiger partial charge is 0.277 e. The zero-order chi connectivity index (χ0) is 18.4. The third kappa shape index (κ3) is 4.37. The molecule has 0 fully saturated rings. The first-order valence-corrected chi connectivity index (χ1v) is 8.31. The van der Waals surface area contributed by atoms with Gasteiger partial charge in [0.1, 0.15) is 11.5 Å². The lowest BCUT2D eigenvalue weighted by atomic mass is 10.2. The predicted molar refractivity (Wildman–Crippen MR) is 96.4 cm³/mol. The first kappa shape index (κ1) is 17.9. The van der Waals surface area contributed by atoms with Crippen LogP contribution in [-0.4, -0.2) is 32.1 Å². The van der Waals surface area contributed by atoms with E-state index in [0.29, 0.717) is 40.2 Å². The molecular weight excluding hydrogens is 360 g/mol. The second-order valence-corrected chi connectivity index (χ2v) is 5.60. The van der Waals surface area contributed by atoms with Crippen molar-refractivity contribution in [2.45, 2.75) is 6.92 Å². The summed E-state index contributed by atoms with van der Waals surface area (Å²) < 4.78 is 21.6. The topological polar surface area (TPSA) is 78.4 Å². The molecule has 0 aromatic heterocycles. The van der Waals surface area contributed by atoms with E-state index in [1.807, 2.05) is 6.92 Å². The van der Waals surface area contributed by atoms with Crippen molar-refractivity contribution in [3.05, 3.63) is 47.0 Å². The number of para-hydroxylation sites is 1. The van der Waals surface area contributed by atoms with Gasteiger partial charge in [-0.3, -0.25) is 4.79 Å². The summed E-state index contributed by atoms with van der Waals surface area (Å²) in [5, 5.41) is 4.37. The summed E-state index contributed by atoms with van der Waals surface area (Å²) in [7, 11) is 0. The van der Waals surface area contributed by atoms with Crippen LogP contribution >= 0.6 is 11.6 Å². The molecule has 26 heavy (non-hydrogen) atoms. The van der Waals surface area contributed by atoms with E-state index in [-0.39, 0.29) is 13.4 Å². The molecule has 2 aromatic rings. The molecule has 2 aromatic carbocycles. The third-order valence-corrected chi connectivity index (χ3v) is 3.71. The van der Waals surface area contributed by atoms with Gasteiger partial charge in [-0.1, -0.05) is 23.7 Å². The third-order valence-electron chi connectivity index (χ3n) is 3.39. The second-order valence-electron chi connectivity index (χ2n) is 5.19. The van der Waals surface area contributed by atoms with Gasteiger partial charge in [-0.2, -0.15) is 5.10 Å². The Bertz CT molecular complexity index is 825. The molecule has 1 N–H and O–H groups in total. The highest BCUT2D eigenvalue weighted by Crippen LogP contribution is 2.37. The lowest BCUT2D eigenvalue weighted by Crippen LogP contribution is -2.24. The number of benzene rings is 2. The minimum atomic E-state index is -0.417. The maximum Gasteiger partial charge on any atom is 0.277 e. The average molecular weight is 377 g/mol. The number of rotatable bonds is 7. The number of hydrazone groups is 1. The molecule has 0 bridgehead atoms. The molecule has 0 spiro atoms. The fraction of sp³-hybridized carbons (Fsp3) is 0.222. The van der Waals surface area contributed by atoms with Crippen molar-refractivity contribution in [2.24, 2.45) is 5.10 Å². The molecule has 0 saturated heterocycles. The number of carbonyl (C=O) groups is 1. The van der Waals surface area contributed by atoms with Crippen LogP contribution in [0.2, 0.25) is 5.02 Å². The molecule has 3 rings (SSSR count). The minimum Gasteiger partial charge on any atom is -0.493 e. The Morgan fingerprint density at radius 2 is 2.00 bits per heavy atom. The highest BCUT2D eigenvalue weighted by atomic mass is 35.5. The van der Waals surface area contributed by atoms with E-state index < -0.39 is 5.91 Å². The summed E-state index contributed by atoms with van der Waals surface area (Å²) in [4.78, 5) is 11.8. The number of nitrogens with one attached hydrogen (secondary N) is 1. The summed E-state index contributed by atoms with van der Waals surface area (Å²) in [6.45, 7) is 2.32. The van der Waals surface area contributed by atoms with Gasteiger partial charge in [0.05, 0.1) is 17.8 Å². The first-order valence-electron chi connectivity index (χ1n) is 7.93. The lowest BCUT2D eigenvalue weighted by Gasteiger charge is -2.08. The van der Waals surface area contributed by atoms with Crippen molar-refractivity contribution < 1.29 is 23.7 Å². The molecule has 0 atom stereocenters. The molecule has 0 unspecified atom stereocenters. The van der Waals surface area contributed by atoms with Gasteiger partial charge in [0.25, 0.3) is 5.91 Å². The van der Waals surface area contributed by atoms with Gasteiger partial charge in [-0.15, -0.1) is 0 Å². The number of carbonyl (C=O) groups excluding carboxylic acids is 1. The van der Waals surface area contributed by atoms with E-state index in [4.69, 9.17) is 30.5 Å². The fourth-order valence-electron chi connectivity index (χ4n) is 2.23. The van der Waals surface area contributed by atoms with Gasteiger partial charge in [0.15, 0.2) is 18.1 Å². The number of nitrogens with zero attached hydrogens (tertiary/aromatic N) is 1. The van der Waals surface area contributed by atoms with Crippen molar-refractivity contribution in [1.29, 1.82) is 0 Å². The van der Waals surface area contributed by atoms with Gasteiger partial charge in [-0.05, 0) is 25.1 Å². The quantitative estimate of drug-likeness (QED) is 0.593. The molecule has 136 valence electrons. The lowest BCUT2D eigenvalue weighted by molar-refractivity contribution is -0.123. The Labute approximate surface area is 155 Å². The molecule has 8 heteroatoms. The average Bonchev–Trinajstić information content (AvgIpc) is 3.08. The van der Waals surface area contributed by atoms with Crippen molar-refractivity contribution in [2.75, 3.05) is 20.0 Å². The molecule has 7 nitrogen and oxygen atoms in total.